The molecule has 0 unspecified atom stereocenters. The third-order valence-corrected chi connectivity index (χ3v) is 3.57. The van der Waals surface area contributed by atoms with Gasteiger partial charge < -0.3 is 15.8 Å². The molecule has 20 heavy (non-hydrogen) atoms. The maximum Gasteiger partial charge on any atom is 0.242 e. The second kappa shape index (κ2) is 6.09. The predicted molar refractivity (Wildman–Crippen MR) is 84.4 cm³/mol. The summed E-state index contributed by atoms with van der Waals surface area (Å²) < 4.78 is 6.57. The molecule has 1 heterocycles. The number of halogens is 1. The van der Waals surface area contributed by atoms with Crippen LogP contribution in [0.25, 0.3) is 0 Å². The van der Waals surface area contributed by atoms with E-state index in [9.17, 15) is 0 Å². The number of benzene rings is 1. The number of ether oxygens (including phenoxy) is 1. The maximum atomic E-state index is 6.04. The summed E-state index contributed by atoms with van der Waals surface area (Å²) in [6.07, 6.45) is 1.44. The molecule has 0 saturated carbocycles. The number of aromatic nitrogens is 2. The number of nitrogens with two attached hydrogens (primary N) is 1. The van der Waals surface area contributed by atoms with Crippen molar-refractivity contribution in [3.05, 3.63) is 34.6 Å². The second-order valence-corrected chi connectivity index (χ2v) is 5.50. The number of anilines is 3. The van der Waals surface area contributed by atoms with Gasteiger partial charge in [-0.25, -0.2) is 4.98 Å². The monoisotopic (exact) mass is 336 g/mol. The molecule has 0 radical (unpaired) electrons. The highest BCUT2D eigenvalue weighted by molar-refractivity contribution is 9.10. The molecule has 0 atom stereocenters. The average molecular weight is 337 g/mol. The van der Waals surface area contributed by atoms with Crippen LogP contribution in [0.4, 0.5) is 17.2 Å². The molecule has 2 aromatic rings. The molecule has 2 rings (SSSR count). The van der Waals surface area contributed by atoms with Gasteiger partial charge in [0.1, 0.15) is 12.0 Å². The number of rotatable bonds is 4. The smallest absolute Gasteiger partial charge is 0.242 e. The summed E-state index contributed by atoms with van der Waals surface area (Å²) >= 11 is 3.50. The van der Waals surface area contributed by atoms with E-state index in [2.05, 4.69) is 31.2 Å². The van der Waals surface area contributed by atoms with E-state index in [1.807, 2.05) is 39.0 Å². The van der Waals surface area contributed by atoms with E-state index in [0.717, 1.165) is 15.7 Å². The van der Waals surface area contributed by atoms with E-state index in [-0.39, 0.29) is 6.10 Å². The molecule has 0 aliphatic carbocycles. The van der Waals surface area contributed by atoms with E-state index in [0.29, 0.717) is 17.4 Å². The molecule has 0 spiro atoms. The molecule has 0 fully saturated rings. The van der Waals surface area contributed by atoms with Crippen molar-refractivity contribution in [2.24, 2.45) is 0 Å². The van der Waals surface area contributed by atoms with Crippen LogP contribution in [-0.4, -0.2) is 16.1 Å². The third kappa shape index (κ3) is 3.19. The molecule has 0 aliphatic rings. The minimum atomic E-state index is 0.00709. The minimum absolute atomic E-state index is 0.00709. The number of hydrogen-bond donors (Lipinski definition) is 2. The van der Waals surface area contributed by atoms with Gasteiger partial charge in [0.05, 0.1) is 6.10 Å². The van der Waals surface area contributed by atoms with Gasteiger partial charge in [-0.15, -0.1) is 0 Å². The molecular weight excluding hydrogens is 320 g/mol. The fourth-order valence-electron chi connectivity index (χ4n) is 1.67. The summed E-state index contributed by atoms with van der Waals surface area (Å²) in [4.78, 5) is 8.22. The fraction of sp³-hybridized carbons (Fsp3) is 0.286. The Kier molecular flexibility index (Phi) is 4.44. The van der Waals surface area contributed by atoms with Crippen molar-refractivity contribution >= 4 is 33.1 Å². The first-order valence-electron chi connectivity index (χ1n) is 6.28. The van der Waals surface area contributed by atoms with Crippen LogP contribution in [0.15, 0.2) is 29.0 Å². The van der Waals surface area contributed by atoms with Crippen molar-refractivity contribution in [2.45, 2.75) is 26.9 Å². The van der Waals surface area contributed by atoms with Gasteiger partial charge in [0.25, 0.3) is 0 Å². The highest BCUT2D eigenvalue weighted by Gasteiger charge is 2.12. The van der Waals surface area contributed by atoms with E-state index in [4.69, 9.17) is 10.5 Å². The van der Waals surface area contributed by atoms with Crippen molar-refractivity contribution < 1.29 is 4.74 Å². The van der Waals surface area contributed by atoms with Crippen LogP contribution in [0.1, 0.15) is 19.4 Å². The van der Waals surface area contributed by atoms with Gasteiger partial charge >= 0.3 is 0 Å². The molecule has 106 valence electrons. The van der Waals surface area contributed by atoms with E-state index in [1.165, 1.54) is 6.33 Å². The summed E-state index contributed by atoms with van der Waals surface area (Å²) in [6, 6.07) is 5.89. The molecular formula is C14H17BrN4O. The van der Waals surface area contributed by atoms with Crippen LogP contribution in [0.5, 0.6) is 5.88 Å². The van der Waals surface area contributed by atoms with Crippen LogP contribution in [0.3, 0.4) is 0 Å². The summed E-state index contributed by atoms with van der Waals surface area (Å²) in [5.41, 5.74) is 8.46. The average Bonchev–Trinajstić information content (AvgIpc) is 2.39. The van der Waals surface area contributed by atoms with Crippen LogP contribution < -0.4 is 15.8 Å². The Morgan fingerprint density at radius 3 is 2.75 bits per heavy atom. The Morgan fingerprint density at radius 2 is 2.05 bits per heavy atom. The maximum absolute atomic E-state index is 6.04. The zero-order chi connectivity index (χ0) is 14.7. The predicted octanol–water partition coefficient (Wildman–Crippen LogP) is 3.66. The zero-order valence-electron chi connectivity index (χ0n) is 11.6. The van der Waals surface area contributed by atoms with E-state index >= 15 is 0 Å². The minimum Gasteiger partial charge on any atom is -0.473 e. The lowest BCUT2D eigenvalue weighted by molar-refractivity contribution is 0.234. The van der Waals surface area contributed by atoms with Crippen molar-refractivity contribution in [1.82, 2.24) is 9.97 Å². The lowest BCUT2D eigenvalue weighted by Crippen LogP contribution is -2.11. The number of nitrogens with one attached hydrogen (secondary N) is 1. The van der Waals surface area contributed by atoms with Crippen LogP contribution in [-0.2, 0) is 0 Å². The summed E-state index contributed by atoms with van der Waals surface area (Å²) in [5, 5.41) is 3.21. The quantitative estimate of drug-likeness (QED) is 0.891. The SMILES string of the molecule is Cc1c(Br)cccc1Nc1ncnc(OC(C)C)c1N. The Hall–Kier alpha value is -1.82. The lowest BCUT2D eigenvalue weighted by atomic mass is 10.2. The lowest BCUT2D eigenvalue weighted by Gasteiger charge is -2.15. The van der Waals surface area contributed by atoms with Gasteiger partial charge in [-0.3, -0.25) is 0 Å². The van der Waals surface area contributed by atoms with Crippen LogP contribution in [0, 0.1) is 6.92 Å². The summed E-state index contributed by atoms with van der Waals surface area (Å²) in [6.45, 7) is 5.86. The van der Waals surface area contributed by atoms with Crippen molar-refractivity contribution in [3.8, 4) is 5.88 Å². The van der Waals surface area contributed by atoms with Gasteiger partial charge in [0.15, 0.2) is 5.82 Å². The fourth-order valence-corrected chi connectivity index (χ4v) is 2.03. The molecule has 3 N–H and O–H groups in total. The third-order valence-electron chi connectivity index (χ3n) is 2.72. The Labute approximate surface area is 126 Å². The zero-order valence-corrected chi connectivity index (χ0v) is 13.2. The van der Waals surface area contributed by atoms with Crippen LogP contribution in [0.2, 0.25) is 0 Å². The molecule has 5 nitrogen and oxygen atoms in total. The van der Waals surface area contributed by atoms with Gasteiger partial charge in [-0.1, -0.05) is 22.0 Å². The highest BCUT2D eigenvalue weighted by Crippen LogP contribution is 2.31. The molecule has 1 aromatic heterocycles. The first-order valence-corrected chi connectivity index (χ1v) is 7.07. The van der Waals surface area contributed by atoms with E-state index in [1.54, 1.807) is 0 Å². The highest BCUT2D eigenvalue weighted by atomic mass is 79.9. The molecule has 6 heteroatoms. The largest absolute Gasteiger partial charge is 0.473 e. The van der Waals surface area contributed by atoms with Gasteiger partial charge in [0, 0.05) is 10.2 Å². The standard InChI is InChI=1S/C14H17BrN4O/c1-8(2)20-14-12(16)13(17-7-18-14)19-11-6-4-5-10(15)9(11)3/h4-8H,16H2,1-3H3,(H,17,18,19). The molecule has 0 aliphatic heterocycles. The normalized spacial score (nSPS) is 10.7. The molecule has 0 saturated heterocycles. The Balaban J connectivity index is 2.32. The second-order valence-electron chi connectivity index (χ2n) is 4.65. The molecule has 0 amide bonds. The van der Waals surface area contributed by atoms with Crippen molar-refractivity contribution in [2.75, 3.05) is 11.1 Å². The topological polar surface area (TPSA) is 73.1 Å². The van der Waals surface area contributed by atoms with Crippen molar-refractivity contribution in [1.29, 1.82) is 0 Å². The van der Waals surface area contributed by atoms with Gasteiger partial charge in [-0.2, -0.15) is 4.98 Å². The number of hydrogen-bond acceptors (Lipinski definition) is 5. The van der Waals surface area contributed by atoms with Crippen LogP contribution >= 0.6 is 15.9 Å². The first-order chi connectivity index (χ1) is 9.49. The van der Waals surface area contributed by atoms with E-state index < -0.39 is 0 Å². The number of nitrogens with zero attached hydrogens (tertiary/aromatic N) is 2. The Morgan fingerprint density at radius 1 is 1.30 bits per heavy atom. The molecule has 1 aromatic carbocycles. The summed E-state index contributed by atoms with van der Waals surface area (Å²) in [5.74, 6) is 0.932. The van der Waals surface area contributed by atoms with Crippen molar-refractivity contribution in [3.63, 3.8) is 0 Å². The first kappa shape index (κ1) is 14.6. The molecule has 0 bridgehead atoms. The van der Waals surface area contributed by atoms with Gasteiger partial charge in [0.2, 0.25) is 5.88 Å². The number of nitrogen functional groups attached to an aromatic ring is 1. The Bertz CT molecular complexity index is 616. The van der Waals surface area contributed by atoms with Gasteiger partial charge in [-0.05, 0) is 38.5 Å². The summed E-state index contributed by atoms with van der Waals surface area (Å²) in [7, 11) is 0.